The minimum Gasteiger partial charge on any atom is -0.299 e. The standard InChI is InChI=1S/C31H52N2/c1-31(2)26-16-10-9-15-24(26)25-18-17-23(19-27(25)31)30-32-28(21-11-5-3-6-12-21)20-29(33-30)22-13-7-4-8-14-22/h11,22-30,32-33H,3-10,12-20H2,1-2H3. The highest BCUT2D eigenvalue weighted by molar-refractivity contribution is 5.17. The first-order chi connectivity index (χ1) is 16.1. The summed E-state index contributed by atoms with van der Waals surface area (Å²) in [5.74, 6) is 5.84. The number of rotatable bonds is 3. The van der Waals surface area contributed by atoms with E-state index in [1.54, 1.807) is 12.0 Å². The van der Waals surface area contributed by atoms with E-state index in [0.717, 1.165) is 41.5 Å². The number of nitrogens with one attached hydrogen (secondary N) is 2. The van der Waals surface area contributed by atoms with E-state index >= 15 is 0 Å². The van der Waals surface area contributed by atoms with Crippen molar-refractivity contribution in [3.63, 3.8) is 0 Å². The molecular weight excluding hydrogens is 400 g/mol. The van der Waals surface area contributed by atoms with E-state index in [-0.39, 0.29) is 0 Å². The molecule has 0 spiro atoms. The molecule has 5 aliphatic carbocycles. The van der Waals surface area contributed by atoms with Crippen molar-refractivity contribution in [1.29, 1.82) is 0 Å². The highest BCUT2D eigenvalue weighted by Gasteiger charge is 2.57. The molecule has 0 radical (unpaired) electrons. The molecule has 0 aromatic rings. The second kappa shape index (κ2) is 9.61. The van der Waals surface area contributed by atoms with E-state index in [0.29, 0.717) is 17.6 Å². The molecule has 0 aromatic carbocycles. The summed E-state index contributed by atoms with van der Waals surface area (Å²) in [4.78, 5) is 0. The van der Waals surface area contributed by atoms with Crippen molar-refractivity contribution >= 4 is 0 Å². The Balaban J connectivity index is 1.20. The third-order valence-corrected chi connectivity index (χ3v) is 12.0. The van der Waals surface area contributed by atoms with Crippen molar-refractivity contribution in [2.24, 2.45) is 40.9 Å². The van der Waals surface area contributed by atoms with Crippen LogP contribution in [0.4, 0.5) is 0 Å². The molecule has 6 rings (SSSR count). The molecule has 5 fully saturated rings. The second-order valence-electron chi connectivity index (χ2n) is 13.8. The fraction of sp³-hybridized carbons (Fsp3) is 0.935. The van der Waals surface area contributed by atoms with Gasteiger partial charge >= 0.3 is 0 Å². The summed E-state index contributed by atoms with van der Waals surface area (Å²) in [6, 6.07) is 1.40. The van der Waals surface area contributed by atoms with Crippen molar-refractivity contribution in [3.05, 3.63) is 11.6 Å². The first kappa shape index (κ1) is 23.1. The fourth-order valence-corrected chi connectivity index (χ4v) is 10.2. The Labute approximate surface area is 204 Å². The zero-order valence-electron chi connectivity index (χ0n) is 21.8. The van der Waals surface area contributed by atoms with Gasteiger partial charge in [0.25, 0.3) is 0 Å². The fourth-order valence-electron chi connectivity index (χ4n) is 10.2. The van der Waals surface area contributed by atoms with Gasteiger partial charge in [-0.1, -0.05) is 57.6 Å². The number of allylic oxidation sites excluding steroid dienone is 1. The Hall–Kier alpha value is -0.340. The Morgan fingerprint density at radius 1 is 0.697 bits per heavy atom. The summed E-state index contributed by atoms with van der Waals surface area (Å²) >= 11 is 0. The van der Waals surface area contributed by atoms with E-state index in [1.807, 2.05) is 0 Å². The minimum atomic E-state index is 0.554. The maximum Gasteiger partial charge on any atom is 0.0607 e. The Kier molecular flexibility index (Phi) is 6.72. The topological polar surface area (TPSA) is 24.1 Å². The first-order valence-corrected chi connectivity index (χ1v) is 15.3. The molecule has 0 bridgehead atoms. The summed E-state index contributed by atoms with van der Waals surface area (Å²) in [6.45, 7) is 5.34. The Morgan fingerprint density at radius 3 is 2.30 bits per heavy atom. The van der Waals surface area contributed by atoms with Crippen molar-refractivity contribution in [3.8, 4) is 0 Å². The molecule has 2 heteroatoms. The molecule has 186 valence electrons. The van der Waals surface area contributed by atoms with E-state index in [4.69, 9.17) is 0 Å². The van der Waals surface area contributed by atoms with Gasteiger partial charge in [-0.3, -0.25) is 10.6 Å². The molecule has 1 heterocycles. The average Bonchev–Trinajstić information content (AvgIpc) is 3.11. The summed E-state index contributed by atoms with van der Waals surface area (Å²) in [6.07, 6.45) is 27.9. The lowest BCUT2D eigenvalue weighted by Gasteiger charge is -2.49. The van der Waals surface area contributed by atoms with Crippen molar-refractivity contribution in [2.45, 2.75) is 141 Å². The van der Waals surface area contributed by atoms with Crippen molar-refractivity contribution in [2.75, 3.05) is 0 Å². The van der Waals surface area contributed by atoms with Gasteiger partial charge < -0.3 is 0 Å². The SMILES string of the molecule is CC1(C)C2CCCCC2C2CCC(C3NC(C4=CCCCC4)CC(C4CCCCC4)N3)CC21. The van der Waals surface area contributed by atoms with Gasteiger partial charge in [0.15, 0.2) is 0 Å². The number of hydrogen-bond acceptors (Lipinski definition) is 2. The largest absolute Gasteiger partial charge is 0.299 e. The molecule has 2 nitrogen and oxygen atoms in total. The smallest absolute Gasteiger partial charge is 0.0607 e. The van der Waals surface area contributed by atoms with Crippen LogP contribution in [-0.2, 0) is 0 Å². The quantitative estimate of drug-likeness (QED) is 0.431. The maximum atomic E-state index is 4.29. The third kappa shape index (κ3) is 4.39. The molecule has 33 heavy (non-hydrogen) atoms. The van der Waals surface area contributed by atoms with Crippen LogP contribution < -0.4 is 10.6 Å². The highest BCUT2D eigenvalue weighted by Crippen LogP contribution is 2.63. The van der Waals surface area contributed by atoms with Gasteiger partial charge in [0.1, 0.15) is 0 Å². The van der Waals surface area contributed by atoms with Gasteiger partial charge in [-0.15, -0.1) is 0 Å². The van der Waals surface area contributed by atoms with Crippen LogP contribution in [0.25, 0.3) is 0 Å². The van der Waals surface area contributed by atoms with E-state index < -0.39 is 0 Å². The molecule has 4 saturated carbocycles. The maximum absolute atomic E-state index is 4.29. The van der Waals surface area contributed by atoms with Gasteiger partial charge in [0.05, 0.1) is 6.17 Å². The van der Waals surface area contributed by atoms with Crippen LogP contribution in [0.15, 0.2) is 11.6 Å². The summed E-state index contributed by atoms with van der Waals surface area (Å²) < 4.78 is 0. The monoisotopic (exact) mass is 452 g/mol. The van der Waals surface area contributed by atoms with Crippen LogP contribution >= 0.6 is 0 Å². The van der Waals surface area contributed by atoms with E-state index in [2.05, 4.69) is 30.6 Å². The normalized spacial score (nSPS) is 46.3. The molecule has 6 aliphatic rings. The Morgan fingerprint density at radius 2 is 1.48 bits per heavy atom. The number of fused-ring (bicyclic) bond motifs is 3. The van der Waals surface area contributed by atoms with Gasteiger partial charge in [-0.05, 0) is 118 Å². The van der Waals surface area contributed by atoms with E-state index in [9.17, 15) is 0 Å². The summed E-state index contributed by atoms with van der Waals surface area (Å²) in [5.41, 5.74) is 2.34. The van der Waals surface area contributed by atoms with Gasteiger partial charge in [0, 0.05) is 12.1 Å². The van der Waals surface area contributed by atoms with Crippen LogP contribution in [0.3, 0.4) is 0 Å². The summed E-state index contributed by atoms with van der Waals surface area (Å²) in [7, 11) is 0. The minimum absolute atomic E-state index is 0.554. The lowest BCUT2D eigenvalue weighted by molar-refractivity contribution is 0.0581. The van der Waals surface area contributed by atoms with Crippen LogP contribution in [0.2, 0.25) is 0 Å². The molecule has 1 aliphatic heterocycles. The van der Waals surface area contributed by atoms with Crippen molar-refractivity contribution in [1.82, 2.24) is 10.6 Å². The molecule has 8 unspecified atom stereocenters. The first-order valence-electron chi connectivity index (χ1n) is 15.3. The molecule has 0 amide bonds. The predicted molar refractivity (Wildman–Crippen MR) is 139 cm³/mol. The van der Waals surface area contributed by atoms with Crippen LogP contribution in [-0.4, -0.2) is 18.2 Å². The van der Waals surface area contributed by atoms with Crippen LogP contribution in [0.5, 0.6) is 0 Å². The lowest BCUT2D eigenvalue weighted by atomic mass is 9.65. The molecule has 1 saturated heterocycles. The molecular formula is C31H52N2. The van der Waals surface area contributed by atoms with Crippen molar-refractivity contribution < 1.29 is 0 Å². The van der Waals surface area contributed by atoms with Gasteiger partial charge in [-0.25, -0.2) is 0 Å². The number of hydrogen-bond donors (Lipinski definition) is 2. The predicted octanol–water partition coefficient (Wildman–Crippen LogP) is 7.59. The third-order valence-electron chi connectivity index (χ3n) is 12.0. The Bertz CT molecular complexity index is 704. The zero-order valence-corrected chi connectivity index (χ0v) is 21.8. The zero-order chi connectivity index (χ0) is 22.4. The second-order valence-corrected chi connectivity index (χ2v) is 13.8. The van der Waals surface area contributed by atoms with Gasteiger partial charge in [0.2, 0.25) is 0 Å². The van der Waals surface area contributed by atoms with Gasteiger partial charge in [-0.2, -0.15) is 0 Å². The molecule has 0 aromatic heterocycles. The molecule has 2 N–H and O–H groups in total. The highest BCUT2D eigenvalue weighted by atomic mass is 15.2. The lowest BCUT2D eigenvalue weighted by Crippen LogP contribution is -2.63. The van der Waals surface area contributed by atoms with Crippen LogP contribution in [0.1, 0.15) is 123 Å². The summed E-state index contributed by atoms with van der Waals surface area (Å²) in [5, 5.41) is 8.55. The van der Waals surface area contributed by atoms with Crippen LogP contribution in [0, 0.1) is 40.9 Å². The molecule has 8 atom stereocenters. The van der Waals surface area contributed by atoms with E-state index in [1.165, 1.54) is 103 Å². The average molecular weight is 453 g/mol.